The molecule has 1 atom stereocenters. The van der Waals surface area contributed by atoms with E-state index in [1.165, 1.54) is 45.4 Å². The number of alkyl halides is 2. The zero-order valence-electron chi connectivity index (χ0n) is 10.8. The Kier molecular flexibility index (Phi) is 11.2. The van der Waals surface area contributed by atoms with Gasteiger partial charge in [0.15, 0.2) is 0 Å². The third-order valence-electron chi connectivity index (χ3n) is 2.87. The molecule has 0 rings (SSSR count). The minimum absolute atomic E-state index is 0.662. The van der Waals surface area contributed by atoms with Gasteiger partial charge in [-0.25, -0.2) is 8.78 Å². The molecule has 0 heterocycles. The first-order valence-electron chi connectivity index (χ1n) is 6.70. The van der Waals surface area contributed by atoms with Crippen LogP contribution in [0, 0.1) is 0 Å². The summed E-state index contributed by atoms with van der Waals surface area (Å²) in [5.74, 6) is 0. The Morgan fingerprint density at radius 2 is 1.38 bits per heavy atom. The Hall–Kier alpha value is -0.180. The molecular weight excluding hydrogens is 208 g/mol. The number of halogens is 2. The Morgan fingerprint density at radius 3 is 1.88 bits per heavy atom. The minimum atomic E-state index is -2.24. The van der Waals surface area contributed by atoms with Crippen LogP contribution in [-0.2, 0) is 0 Å². The van der Waals surface area contributed by atoms with Crippen LogP contribution in [0.1, 0.15) is 65.2 Å². The fourth-order valence-corrected chi connectivity index (χ4v) is 1.68. The van der Waals surface area contributed by atoms with Crippen molar-refractivity contribution >= 4 is 0 Å². The topological polar surface area (TPSA) is 12.0 Å². The van der Waals surface area contributed by atoms with Crippen LogP contribution in [0.4, 0.5) is 8.78 Å². The van der Waals surface area contributed by atoms with Crippen LogP contribution in [0.25, 0.3) is 0 Å². The van der Waals surface area contributed by atoms with Crippen molar-refractivity contribution in [3.63, 3.8) is 0 Å². The molecule has 1 N–H and O–H groups in total. The number of hydrogen-bond donors (Lipinski definition) is 1. The number of hydrogen-bond acceptors (Lipinski definition) is 1. The van der Waals surface area contributed by atoms with Crippen LogP contribution in [0.15, 0.2) is 0 Å². The second-order valence-electron chi connectivity index (χ2n) is 4.55. The molecule has 0 saturated carbocycles. The van der Waals surface area contributed by atoms with Gasteiger partial charge < -0.3 is 5.32 Å². The van der Waals surface area contributed by atoms with E-state index in [1.54, 1.807) is 0 Å². The summed E-state index contributed by atoms with van der Waals surface area (Å²) in [4.78, 5) is 0. The summed E-state index contributed by atoms with van der Waals surface area (Å²) in [5.41, 5.74) is 0. The lowest BCUT2D eigenvalue weighted by atomic mass is 10.1. The van der Waals surface area contributed by atoms with Crippen molar-refractivity contribution in [2.24, 2.45) is 0 Å². The van der Waals surface area contributed by atoms with E-state index >= 15 is 0 Å². The summed E-state index contributed by atoms with van der Waals surface area (Å²) in [6.07, 6.45) is 7.78. The fraction of sp³-hybridized carbons (Fsp3) is 1.00. The van der Waals surface area contributed by atoms with Crippen molar-refractivity contribution in [3.05, 3.63) is 0 Å². The summed E-state index contributed by atoms with van der Waals surface area (Å²) < 4.78 is 24.2. The lowest BCUT2D eigenvalue weighted by molar-refractivity contribution is 0.106. The van der Waals surface area contributed by atoms with Gasteiger partial charge in [0.25, 0.3) is 6.43 Å². The summed E-state index contributed by atoms with van der Waals surface area (Å²) in [5, 5.41) is 2.84. The first-order chi connectivity index (χ1) is 7.68. The molecule has 0 amide bonds. The van der Waals surface area contributed by atoms with Gasteiger partial charge in [-0.2, -0.15) is 0 Å². The van der Waals surface area contributed by atoms with E-state index in [1.807, 2.05) is 0 Å². The highest BCUT2D eigenvalue weighted by molar-refractivity contribution is 4.62. The summed E-state index contributed by atoms with van der Waals surface area (Å²) in [6, 6.07) is -0.662. The van der Waals surface area contributed by atoms with Crippen molar-refractivity contribution in [1.29, 1.82) is 0 Å². The standard InChI is InChI=1S/C13H27F2N/c1-3-4-5-6-7-8-9-10-11-16-12(2)13(14)15/h12-13,16H,3-11H2,1-2H3. The molecule has 0 aromatic rings. The second kappa shape index (κ2) is 11.3. The molecular formula is C13H27F2N. The van der Waals surface area contributed by atoms with Crippen molar-refractivity contribution < 1.29 is 8.78 Å². The molecule has 1 unspecified atom stereocenters. The molecule has 16 heavy (non-hydrogen) atoms. The first-order valence-corrected chi connectivity index (χ1v) is 6.70. The largest absolute Gasteiger partial charge is 0.309 e. The molecule has 0 saturated heterocycles. The van der Waals surface area contributed by atoms with Gasteiger partial charge in [-0.05, 0) is 19.9 Å². The highest BCUT2D eigenvalue weighted by Crippen LogP contribution is 2.08. The molecule has 0 bridgehead atoms. The minimum Gasteiger partial charge on any atom is -0.309 e. The Labute approximate surface area is 99.0 Å². The van der Waals surface area contributed by atoms with Gasteiger partial charge in [0, 0.05) is 0 Å². The smallest absolute Gasteiger partial charge is 0.253 e. The van der Waals surface area contributed by atoms with E-state index < -0.39 is 12.5 Å². The zero-order chi connectivity index (χ0) is 12.2. The highest BCUT2D eigenvalue weighted by atomic mass is 19.3. The molecule has 0 aliphatic carbocycles. The highest BCUT2D eigenvalue weighted by Gasteiger charge is 2.12. The van der Waals surface area contributed by atoms with E-state index in [2.05, 4.69) is 12.2 Å². The predicted molar refractivity (Wildman–Crippen MR) is 66.1 cm³/mol. The molecule has 0 radical (unpaired) electrons. The lowest BCUT2D eigenvalue weighted by Crippen LogP contribution is -2.33. The molecule has 0 aromatic heterocycles. The van der Waals surface area contributed by atoms with Crippen LogP contribution in [-0.4, -0.2) is 19.0 Å². The van der Waals surface area contributed by atoms with E-state index in [4.69, 9.17) is 0 Å². The maximum atomic E-state index is 12.1. The van der Waals surface area contributed by atoms with E-state index in [0.717, 1.165) is 19.4 Å². The number of nitrogens with one attached hydrogen (secondary N) is 1. The third kappa shape index (κ3) is 10.3. The van der Waals surface area contributed by atoms with Crippen LogP contribution < -0.4 is 5.32 Å². The average molecular weight is 235 g/mol. The van der Waals surface area contributed by atoms with Crippen molar-refractivity contribution in [2.75, 3.05) is 6.54 Å². The van der Waals surface area contributed by atoms with E-state index in [9.17, 15) is 8.78 Å². The van der Waals surface area contributed by atoms with Crippen LogP contribution in [0.2, 0.25) is 0 Å². The van der Waals surface area contributed by atoms with Gasteiger partial charge in [0.05, 0.1) is 6.04 Å². The predicted octanol–water partition coefficient (Wildman–Crippen LogP) is 4.37. The molecule has 98 valence electrons. The average Bonchev–Trinajstić information content (AvgIpc) is 2.26. The van der Waals surface area contributed by atoms with Gasteiger partial charge in [0.1, 0.15) is 0 Å². The second-order valence-corrected chi connectivity index (χ2v) is 4.55. The molecule has 0 aliphatic rings. The Balaban J connectivity index is 3.04. The van der Waals surface area contributed by atoms with Gasteiger partial charge >= 0.3 is 0 Å². The normalized spacial score (nSPS) is 13.3. The molecule has 0 aliphatic heterocycles. The quantitative estimate of drug-likeness (QED) is 0.524. The Bertz CT molecular complexity index is 140. The van der Waals surface area contributed by atoms with Crippen LogP contribution >= 0.6 is 0 Å². The zero-order valence-corrected chi connectivity index (χ0v) is 10.8. The van der Waals surface area contributed by atoms with E-state index in [-0.39, 0.29) is 0 Å². The molecule has 0 spiro atoms. The van der Waals surface area contributed by atoms with Gasteiger partial charge in [-0.3, -0.25) is 0 Å². The van der Waals surface area contributed by atoms with Gasteiger partial charge in [-0.1, -0.05) is 51.9 Å². The SMILES string of the molecule is CCCCCCCCCCNC(C)C(F)F. The fourth-order valence-electron chi connectivity index (χ4n) is 1.68. The van der Waals surface area contributed by atoms with Crippen molar-refractivity contribution in [2.45, 2.75) is 77.7 Å². The maximum Gasteiger partial charge on any atom is 0.253 e. The summed E-state index contributed by atoms with van der Waals surface area (Å²) >= 11 is 0. The van der Waals surface area contributed by atoms with Gasteiger partial charge in [-0.15, -0.1) is 0 Å². The molecule has 1 nitrogen and oxygen atoms in total. The van der Waals surface area contributed by atoms with Crippen molar-refractivity contribution in [3.8, 4) is 0 Å². The molecule has 0 aromatic carbocycles. The molecule has 3 heteroatoms. The lowest BCUT2D eigenvalue weighted by Gasteiger charge is -2.11. The monoisotopic (exact) mass is 235 g/mol. The van der Waals surface area contributed by atoms with Crippen molar-refractivity contribution in [1.82, 2.24) is 5.32 Å². The van der Waals surface area contributed by atoms with Crippen LogP contribution in [0.5, 0.6) is 0 Å². The number of rotatable bonds is 11. The van der Waals surface area contributed by atoms with Crippen LogP contribution in [0.3, 0.4) is 0 Å². The summed E-state index contributed by atoms with van der Waals surface area (Å²) in [6.45, 7) is 4.48. The summed E-state index contributed by atoms with van der Waals surface area (Å²) in [7, 11) is 0. The molecule has 0 fully saturated rings. The number of unbranched alkanes of at least 4 members (excludes halogenated alkanes) is 7. The maximum absolute atomic E-state index is 12.1. The Morgan fingerprint density at radius 1 is 0.875 bits per heavy atom. The van der Waals surface area contributed by atoms with E-state index in [0.29, 0.717) is 0 Å². The third-order valence-corrected chi connectivity index (χ3v) is 2.87. The van der Waals surface area contributed by atoms with Gasteiger partial charge in [0.2, 0.25) is 0 Å². The first kappa shape index (κ1) is 15.8.